The topological polar surface area (TPSA) is 46.3 Å². The average molecular weight is 202 g/mol. The van der Waals surface area contributed by atoms with E-state index in [0.717, 1.165) is 25.9 Å². The van der Waals surface area contributed by atoms with E-state index in [1.54, 1.807) is 4.90 Å². The molecule has 0 rings (SSSR count). The highest BCUT2D eigenvalue weighted by molar-refractivity contribution is 7.80. The predicted molar refractivity (Wildman–Crippen MR) is 58.6 cm³/mol. The Morgan fingerprint density at radius 1 is 1.46 bits per heavy atom. The summed E-state index contributed by atoms with van der Waals surface area (Å²) < 4.78 is 0. The molecule has 0 saturated carbocycles. The van der Waals surface area contributed by atoms with Crippen molar-refractivity contribution >= 4 is 23.1 Å². The van der Waals surface area contributed by atoms with Crippen molar-refractivity contribution in [2.45, 2.75) is 33.1 Å². The third-order valence-electron chi connectivity index (χ3n) is 1.84. The van der Waals surface area contributed by atoms with Crippen LogP contribution >= 0.6 is 12.2 Å². The van der Waals surface area contributed by atoms with Gasteiger partial charge in [0.2, 0.25) is 5.91 Å². The lowest BCUT2D eigenvalue weighted by Crippen LogP contribution is -2.34. The fourth-order valence-corrected chi connectivity index (χ4v) is 1.19. The maximum absolute atomic E-state index is 11.4. The predicted octanol–water partition coefficient (Wildman–Crippen LogP) is 1.31. The molecule has 1 amide bonds. The first-order valence-electron chi connectivity index (χ1n) is 4.67. The van der Waals surface area contributed by atoms with Crippen molar-refractivity contribution in [3.05, 3.63) is 0 Å². The first kappa shape index (κ1) is 12.4. The van der Waals surface area contributed by atoms with Gasteiger partial charge in [-0.15, -0.1) is 0 Å². The molecule has 0 unspecified atom stereocenters. The fraction of sp³-hybridized carbons (Fsp3) is 0.778. The van der Waals surface area contributed by atoms with Crippen molar-refractivity contribution in [1.29, 1.82) is 0 Å². The Morgan fingerprint density at radius 3 is 2.46 bits per heavy atom. The molecule has 0 heterocycles. The molecule has 0 radical (unpaired) electrons. The highest BCUT2D eigenvalue weighted by atomic mass is 32.1. The molecule has 0 aromatic rings. The molecule has 3 nitrogen and oxygen atoms in total. The minimum absolute atomic E-state index is 0.0449. The second-order valence-electron chi connectivity index (χ2n) is 2.97. The molecule has 0 aliphatic rings. The van der Waals surface area contributed by atoms with E-state index in [9.17, 15) is 4.79 Å². The van der Waals surface area contributed by atoms with Gasteiger partial charge in [-0.3, -0.25) is 4.79 Å². The standard InChI is InChI=1S/C9H18N2OS/c1-3-5-6-11(4-2)9(12)7-8(10)13/h3-7H2,1-2H3,(H2,10,13). The number of thiocarbonyl (C=S) groups is 1. The average Bonchev–Trinajstić information content (AvgIpc) is 2.04. The van der Waals surface area contributed by atoms with Crippen LogP contribution < -0.4 is 5.73 Å². The summed E-state index contributed by atoms with van der Waals surface area (Å²) in [6.07, 6.45) is 2.33. The molecule has 0 aromatic heterocycles. The second kappa shape index (κ2) is 6.83. The number of hydrogen-bond donors (Lipinski definition) is 1. The summed E-state index contributed by atoms with van der Waals surface area (Å²) in [5, 5.41) is 0. The van der Waals surface area contributed by atoms with Gasteiger partial charge in [-0.05, 0) is 13.3 Å². The summed E-state index contributed by atoms with van der Waals surface area (Å²) in [5.41, 5.74) is 5.30. The van der Waals surface area contributed by atoms with E-state index in [2.05, 4.69) is 19.1 Å². The molecule has 0 aliphatic carbocycles. The van der Waals surface area contributed by atoms with Crippen LogP contribution in [0.5, 0.6) is 0 Å². The Bertz CT molecular complexity index is 182. The number of hydrogen-bond acceptors (Lipinski definition) is 2. The number of rotatable bonds is 6. The van der Waals surface area contributed by atoms with Crippen molar-refractivity contribution in [3.8, 4) is 0 Å². The monoisotopic (exact) mass is 202 g/mol. The summed E-state index contributed by atoms with van der Waals surface area (Å²) in [7, 11) is 0. The van der Waals surface area contributed by atoms with Crippen LogP contribution in [0.4, 0.5) is 0 Å². The number of nitrogens with zero attached hydrogens (tertiary/aromatic N) is 1. The molecule has 0 fully saturated rings. The molecule has 0 bridgehead atoms. The summed E-state index contributed by atoms with van der Waals surface area (Å²) in [6, 6.07) is 0. The van der Waals surface area contributed by atoms with Crippen molar-refractivity contribution in [2.75, 3.05) is 13.1 Å². The van der Waals surface area contributed by atoms with Crippen LogP contribution in [0.1, 0.15) is 33.1 Å². The normalized spacial score (nSPS) is 9.69. The van der Waals surface area contributed by atoms with Crippen molar-refractivity contribution in [2.24, 2.45) is 5.73 Å². The molecular weight excluding hydrogens is 184 g/mol. The molecule has 2 N–H and O–H groups in total. The zero-order chi connectivity index (χ0) is 10.3. The smallest absolute Gasteiger partial charge is 0.229 e. The molecule has 76 valence electrons. The quantitative estimate of drug-likeness (QED) is 0.661. The summed E-state index contributed by atoms with van der Waals surface area (Å²) in [5.74, 6) is 0.0449. The summed E-state index contributed by atoms with van der Waals surface area (Å²) in [4.78, 5) is 13.5. The number of amides is 1. The van der Waals surface area contributed by atoms with Crippen LogP contribution in [0, 0.1) is 0 Å². The number of nitrogens with two attached hydrogens (primary N) is 1. The van der Waals surface area contributed by atoms with Gasteiger partial charge < -0.3 is 10.6 Å². The SMILES string of the molecule is CCCCN(CC)C(=O)CC(N)=S. The molecule has 0 aliphatic heterocycles. The zero-order valence-corrected chi connectivity index (χ0v) is 9.19. The van der Waals surface area contributed by atoms with Crippen molar-refractivity contribution in [1.82, 2.24) is 4.90 Å². The Balaban J connectivity index is 3.91. The Kier molecular flexibility index (Phi) is 6.49. The van der Waals surface area contributed by atoms with Gasteiger partial charge in [0, 0.05) is 13.1 Å². The largest absolute Gasteiger partial charge is 0.393 e. The highest BCUT2D eigenvalue weighted by Crippen LogP contribution is 1.98. The lowest BCUT2D eigenvalue weighted by Gasteiger charge is -2.20. The van der Waals surface area contributed by atoms with Crippen molar-refractivity contribution in [3.63, 3.8) is 0 Å². The molecule has 4 heteroatoms. The Hall–Kier alpha value is -0.640. The van der Waals surface area contributed by atoms with Gasteiger partial charge in [0.05, 0.1) is 11.4 Å². The van der Waals surface area contributed by atoms with Crippen LogP contribution in [0.25, 0.3) is 0 Å². The first-order chi connectivity index (χ1) is 6.11. The Morgan fingerprint density at radius 2 is 2.08 bits per heavy atom. The highest BCUT2D eigenvalue weighted by Gasteiger charge is 2.11. The van der Waals surface area contributed by atoms with Crippen molar-refractivity contribution < 1.29 is 4.79 Å². The Labute approximate surface area is 85.3 Å². The molecule has 0 spiro atoms. The maximum Gasteiger partial charge on any atom is 0.229 e. The van der Waals surface area contributed by atoms with E-state index in [1.807, 2.05) is 6.92 Å². The number of unbranched alkanes of at least 4 members (excludes halogenated alkanes) is 1. The van der Waals surface area contributed by atoms with Crippen LogP contribution in [0.3, 0.4) is 0 Å². The van der Waals surface area contributed by atoms with E-state index in [4.69, 9.17) is 5.73 Å². The summed E-state index contributed by atoms with van der Waals surface area (Å²) >= 11 is 4.68. The summed E-state index contributed by atoms with van der Waals surface area (Å²) in [6.45, 7) is 5.62. The second-order valence-corrected chi connectivity index (χ2v) is 3.49. The third-order valence-corrected chi connectivity index (χ3v) is 1.99. The van der Waals surface area contributed by atoms with E-state index in [0.29, 0.717) is 0 Å². The van der Waals surface area contributed by atoms with E-state index in [-0.39, 0.29) is 17.3 Å². The van der Waals surface area contributed by atoms with Crippen LogP contribution in [-0.2, 0) is 4.79 Å². The van der Waals surface area contributed by atoms with E-state index in [1.165, 1.54) is 0 Å². The van der Waals surface area contributed by atoms with Gasteiger partial charge in [-0.1, -0.05) is 25.6 Å². The van der Waals surface area contributed by atoms with Crippen LogP contribution in [0.15, 0.2) is 0 Å². The van der Waals surface area contributed by atoms with E-state index < -0.39 is 0 Å². The number of carbonyl (C=O) groups excluding carboxylic acids is 1. The third kappa shape index (κ3) is 5.58. The lowest BCUT2D eigenvalue weighted by atomic mass is 10.3. The lowest BCUT2D eigenvalue weighted by molar-refractivity contribution is -0.129. The molecular formula is C9H18N2OS. The van der Waals surface area contributed by atoms with Gasteiger partial charge in [-0.25, -0.2) is 0 Å². The maximum atomic E-state index is 11.4. The molecule has 13 heavy (non-hydrogen) atoms. The molecule has 0 atom stereocenters. The van der Waals surface area contributed by atoms with Crippen LogP contribution in [-0.4, -0.2) is 28.9 Å². The number of carbonyl (C=O) groups is 1. The molecule has 0 saturated heterocycles. The minimum atomic E-state index is 0.0449. The van der Waals surface area contributed by atoms with Crippen LogP contribution in [0.2, 0.25) is 0 Å². The van der Waals surface area contributed by atoms with Gasteiger partial charge >= 0.3 is 0 Å². The van der Waals surface area contributed by atoms with E-state index >= 15 is 0 Å². The van der Waals surface area contributed by atoms with Gasteiger partial charge in [0.15, 0.2) is 0 Å². The van der Waals surface area contributed by atoms with Gasteiger partial charge in [0.1, 0.15) is 0 Å². The zero-order valence-electron chi connectivity index (χ0n) is 8.38. The first-order valence-corrected chi connectivity index (χ1v) is 5.08. The molecule has 0 aromatic carbocycles. The van der Waals surface area contributed by atoms with Gasteiger partial charge in [0.25, 0.3) is 0 Å². The fourth-order valence-electron chi connectivity index (χ4n) is 1.07. The minimum Gasteiger partial charge on any atom is -0.393 e. The van der Waals surface area contributed by atoms with Gasteiger partial charge in [-0.2, -0.15) is 0 Å².